The zero-order valence-corrected chi connectivity index (χ0v) is 14.0. The van der Waals surface area contributed by atoms with E-state index in [9.17, 15) is 9.59 Å². The molecule has 24 heavy (non-hydrogen) atoms. The van der Waals surface area contributed by atoms with Crippen LogP contribution in [-0.2, 0) is 16.0 Å². The summed E-state index contributed by atoms with van der Waals surface area (Å²) in [6.07, 6.45) is 1.23. The molecule has 0 radical (unpaired) electrons. The minimum atomic E-state index is -0.471. The molecule has 0 saturated carbocycles. The number of esters is 1. The summed E-state index contributed by atoms with van der Waals surface area (Å²) in [7, 11) is 1.32. The number of aryl methyl sites for hydroxylation is 1. The molecule has 1 amide bonds. The van der Waals surface area contributed by atoms with E-state index in [2.05, 4.69) is 23.6 Å². The Hall–Kier alpha value is -2.82. The van der Waals surface area contributed by atoms with Crippen LogP contribution >= 0.6 is 0 Å². The molecule has 5 heteroatoms. The lowest BCUT2D eigenvalue weighted by molar-refractivity contribution is -0.115. The summed E-state index contributed by atoms with van der Waals surface area (Å²) in [6, 6.07) is 14.8. The topological polar surface area (TPSA) is 67.4 Å². The highest BCUT2D eigenvalue weighted by atomic mass is 16.5. The number of para-hydroxylation sites is 2. The summed E-state index contributed by atoms with van der Waals surface area (Å²) in [4.78, 5) is 23.8. The molecule has 2 aromatic carbocycles. The molecule has 0 saturated heterocycles. The second kappa shape index (κ2) is 8.72. The van der Waals surface area contributed by atoms with Crippen LogP contribution in [0.2, 0.25) is 0 Å². The standard InChI is InChI=1S/C19H22N2O3/c1-3-14-8-4-6-10-16(14)20-13-12-18(22)21-17-11-7-5-9-15(17)19(23)24-2/h4-11,20H,3,12-13H2,1-2H3,(H,21,22). The molecular formula is C19H22N2O3. The van der Waals surface area contributed by atoms with E-state index >= 15 is 0 Å². The molecule has 126 valence electrons. The van der Waals surface area contributed by atoms with Gasteiger partial charge in [0.25, 0.3) is 0 Å². The van der Waals surface area contributed by atoms with E-state index in [1.807, 2.05) is 18.2 Å². The third kappa shape index (κ3) is 4.59. The maximum Gasteiger partial charge on any atom is 0.339 e. The molecule has 0 bridgehead atoms. The van der Waals surface area contributed by atoms with Crippen LogP contribution in [0.25, 0.3) is 0 Å². The fraction of sp³-hybridized carbons (Fsp3) is 0.263. The van der Waals surface area contributed by atoms with Crippen LogP contribution in [0.5, 0.6) is 0 Å². The van der Waals surface area contributed by atoms with Crippen LogP contribution in [0, 0.1) is 0 Å². The van der Waals surface area contributed by atoms with Crippen LogP contribution in [0.15, 0.2) is 48.5 Å². The van der Waals surface area contributed by atoms with Gasteiger partial charge in [0.2, 0.25) is 5.91 Å². The first-order valence-corrected chi connectivity index (χ1v) is 7.94. The fourth-order valence-corrected chi connectivity index (χ4v) is 2.40. The van der Waals surface area contributed by atoms with Gasteiger partial charge in [0, 0.05) is 18.7 Å². The zero-order valence-electron chi connectivity index (χ0n) is 14.0. The smallest absolute Gasteiger partial charge is 0.339 e. The second-order valence-corrected chi connectivity index (χ2v) is 5.27. The van der Waals surface area contributed by atoms with Gasteiger partial charge in [0.15, 0.2) is 0 Å². The van der Waals surface area contributed by atoms with Crippen LogP contribution in [-0.4, -0.2) is 25.5 Å². The minimum absolute atomic E-state index is 0.159. The monoisotopic (exact) mass is 326 g/mol. The first-order chi connectivity index (χ1) is 11.7. The summed E-state index contributed by atoms with van der Waals surface area (Å²) < 4.78 is 4.72. The number of nitrogens with one attached hydrogen (secondary N) is 2. The number of benzene rings is 2. The lowest BCUT2D eigenvalue weighted by Crippen LogP contribution is -2.18. The Balaban J connectivity index is 1.91. The van der Waals surface area contributed by atoms with Crippen molar-refractivity contribution in [2.45, 2.75) is 19.8 Å². The predicted molar refractivity (Wildman–Crippen MR) is 95.3 cm³/mol. The number of carbonyl (C=O) groups is 2. The molecule has 0 atom stereocenters. The largest absolute Gasteiger partial charge is 0.465 e. The SMILES string of the molecule is CCc1ccccc1NCCC(=O)Nc1ccccc1C(=O)OC. The predicted octanol–water partition coefficient (Wildman–Crippen LogP) is 3.48. The van der Waals surface area contributed by atoms with E-state index in [4.69, 9.17) is 4.74 Å². The van der Waals surface area contributed by atoms with Gasteiger partial charge in [0.1, 0.15) is 0 Å². The van der Waals surface area contributed by atoms with Gasteiger partial charge >= 0.3 is 5.97 Å². The summed E-state index contributed by atoms with van der Waals surface area (Å²) in [6.45, 7) is 2.61. The Labute approximate surface area is 142 Å². The number of ether oxygens (including phenoxy) is 1. The van der Waals surface area contributed by atoms with Gasteiger partial charge in [-0.1, -0.05) is 37.3 Å². The lowest BCUT2D eigenvalue weighted by Gasteiger charge is -2.12. The van der Waals surface area contributed by atoms with Crippen molar-refractivity contribution >= 4 is 23.3 Å². The van der Waals surface area contributed by atoms with E-state index in [0.717, 1.165) is 12.1 Å². The molecule has 0 fully saturated rings. The van der Waals surface area contributed by atoms with Crippen molar-refractivity contribution < 1.29 is 14.3 Å². The quantitative estimate of drug-likeness (QED) is 0.765. The molecular weight excluding hydrogens is 304 g/mol. The first-order valence-electron chi connectivity index (χ1n) is 7.94. The maximum atomic E-state index is 12.1. The van der Waals surface area contributed by atoms with Gasteiger partial charge in [-0.05, 0) is 30.2 Å². The van der Waals surface area contributed by atoms with Gasteiger partial charge in [-0.25, -0.2) is 4.79 Å². The molecule has 0 aromatic heterocycles. The highest BCUT2D eigenvalue weighted by molar-refractivity contribution is 6.01. The van der Waals surface area contributed by atoms with Crippen LogP contribution in [0.4, 0.5) is 11.4 Å². The van der Waals surface area contributed by atoms with E-state index in [1.54, 1.807) is 24.3 Å². The maximum absolute atomic E-state index is 12.1. The summed E-state index contributed by atoms with van der Waals surface area (Å²) in [5.74, 6) is -0.631. The normalized spacial score (nSPS) is 10.1. The number of hydrogen-bond acceptors (Lipinski definition) is 4. The number of amides is 1. The summed E-state index contributed by atoms with van der Waals surface area (Å²) >= 11 is 0. The molecule has 5 nitrogen and oxygen atoms in total. The average Bonchev–Trinajstić information content (AvgIpc) is 2.62. The van der Waals surface area contributed by atoms with Crippen LogP contribution in [0.3, 0.4) is 0 Å². The Kier molecular flexibility index (Phi) is 6.37. The molecule has 0 spiro atoms. The number of anilines is 2. The highest BCUT2D eigenvalue weighted by Crippen LogP contribution is 2.17. The van der Waals surface area contributed by atoms with E-state index in [0.29, 0.717) is 24.2 Å². The van der Waals surface area contributed by atoms with Crippen LogP contribution < -0.4 is 10.6 Å². The minimum Gasteiger partial charge on any atom is -0.465 e. The molecule has 0 unspecified atom stereocenters. The summed E-state index contributed by atoms with van der Waals surface area (Å²) in [5, 5.41) is 6.04. The zero-order chi connectivity index (χ0) is 17.4. The highest BCUT2D eigenvalue weighted by Gasteiger charge is 2.13. The van der Waals surface area contributed by atoms with Gasteiger partial charge in [-0.3, -0.25) is 4.79 Å². The molecule has 0 heterocycles. The Morgan fingerprint density at radius 3 is 2.38 bits per heavy atom. The molecule has 2 rings (SSSR count). The van der Waals surface area contributed by atoms with E-state index in [-0.39, 0.29) is 5.91 Å². The summed E-state index contributed by atoms with van der Waals surface area (Å²) in [5.41, 5.74) is 3.07. The molecule has 2 N–H and O–H groups in total. The second-order valence-electron chi connectivity index (χ2n) is 5.27. The van der Waals surface area contributed by atoms with Gasteiger partial charge in [0.05, 0.1) is 18.4 Å². The molecule has 0 aliphatic rings. The average molecular weight is 326 g/mol. The van der Waals surface area contributed by atoms with E-state index in [1.165, 1.54) is 12.7 Å². The van der Waals surface area contributed by atoms with Crippen molar-refractivity contribution in [2.75, 3.05) is 24.3 Å². The van der Waals surface area contributed by atoms with Crippen molar-refractivity contribution in [1.29, 1.82) is 0 Å². The lowest BCUT2D eigenvalue weighted by atomic mass is 10.1. The van der Waals surface area contributed by atoms with Crippen molar-refractivity contribution in [1.82, 2.24) is 0 Å². The number of hydrogen-bond donors (Lipinski definition) is 2. The fourth-order valence-electron chi connectivity index (χ4n) is 2.40. The van der Waals surface area contributed by atoms with Gasteiger partial charge in [-0.2, -0.15) is 0 Å². The van der Waals surface area contributed by atoms with Gasteiger partial charge < -0.3 is 15.4 Å². The van der Waals surface area contributed by atoms with Crippen molar-refractivity contribution in [3.8, 4) is 0 Å². The van der Waals surface area contributed by atoms with E-state index < -0.39 is 5.97 Å². The van der Waals surface area contributed by atoms with Crippen LogP contribution in [0.1, 0.15) is 29.3 Å². The molecule has 0 aliphatic heterocycles. The Morgan fingerprint density at radius 1 is 1.00 bits per heavy atom. The van der Waals surface area contributed by atoms with Gasteiger partial charge in [-0.15, -0.1) is 0 Å². The molecule has 2 aromatic rings. The first kappa shape index (κ1) is 17.5. The Morgan fingerprint density at radius 2 is 1.67 bits per heavy atom. The molecule has 0 aliphatic carbocycles. The Bertz CT molecular complexity index is 713. The third-order valence-corrected chi connectivity index (χ3v) is 3.67. The van der Waals surface area contributed by atoms with Crippen molar-refractivity contribution in [3.63, 3.8) is 0 Å². The van der Waals surface area contributed by atoms with Crippen molar-refractivity contribution in [3.05, 3.63) is 59.7 Å². The number of methoxy groups -OCH3 is 1. The third-order valence-electron chi connectivity index (χ3n) is 3.67. The number of carbonyl (C=O) groups excluding carboxylic acids is 2. The number of rotatable bonds is 7. The van der Waals surface area contributed by atoms with Crippen molar-refractivity contribution in [2.24, 2.45) is 0 Å².